The number of aryl methyl sites for hydroxylation is 1. The molecule has 0 aromatic heterocycles. The molecule has 0 aliphatic carbocycles. The van der Waals surface area contributed by atoms with E-state index in [9.17, 15) is 0 Å². The summed E-state index contributed by atoms with van der Waals surface area (Å²) < 4.78 is 1.15. The van der Waals surface area contributed by atoms with Gasteiger partial charge >= 0.3 is 0 Å². The molecule has 84 valence electrons. The maximum Gasteiger partial charge on any atom is 0.0356 e. The largest absolute Gasteiger partial charge is 0.382 e. The van der Waals surface area contributed by atoms with Gasteiger partial charge in [0.1, 0.15) is 0 Å². The monoisotopic (exact) mass is 269 g/mol. The Labute approximate surface area is 101 Å². The molecule has 1 unspecified atom stereocenters. The van der Waals surface area contributed by atoms with Crippen LogP contribution in [0.4, 0.5) is 5.69 Å². The van der Waals surface area contributed by atoms with Crippen molar-refractivity contribution in [3.8, 4) is 0 Å². The molecule has 2 heteroatoms. The molecule has 1 aromatic rings. The van der Waals surface area contributed by atoms with Crippen molar-refractivity contribution >= 4 is 21.6 Å². The molecule has 0 amide bonds. The number of halogens is 1. The Bertz CT molecular complexity index is 289. The lowest BCUT2D eigenvalue weighted by atomic mass is 10.1. The van der Waals surface area contributed by atoms with Crippen molar-refractivity contribution < 1.29 is 0 Å². The van der Waals surface area contributed by atoms with Crippen molar-refractivity contribution in [1.29, 1.82) is 0 Å². The van der Waals surface area contributed by atoms with E-state index >= 15 is 0 Å². The van der Waals surface area contributed by atoms with Gasteiger partial charge in [-0.1, -0.05) is 36.2 Å². The van der Waals surface area contributed by atoms with E-state index in [1.807, 2.05) is 0 Å². The van der Waals surface area contributed by atoms with Gasteiger partial charge in [0.25, 0.3) is 0 Å². The van der Waals surface area contributed by atoms with Crippen LogP contribution in [0, 0.1) is 6.92 Å². The highest BCUT2D eigenvalue weighted by atomic mass is 79.9. The highest BCUT2D eigenvalue weighted by Gasteiger charge is 2.05. The fraction of sp³-hybridized carbons (Fsp3) is 0.538. The van der Waals surface area contributed by atoms with Crippen molar-refractivity contribution in [2.45, 2.75) is 46.1 Å². The molecule has 15 heavy (non-hydrogen) atoms. The van der Waals surface area contributed by atoms with E-state index in [0.717, 1.165) is 4.47 Å². The van der Waals surface area contributed by atoms with Crippen molar-refractivity contribution in [3.63, 3.8) is 0 Å². The first-order valence-electron chi connectivity index (χ1n) is 5.69. The zero-order valence-electron chi connectivity index (χ0n) is 9.81. The van der Waals surface area contributed by atoms with Crippen LogP contribution in [-0.4, -0.2) is 6.04 Å². The maximum absolute atomic E-state index is 3.58. The summed E-state index contributed by atoms with van der Waals surface area (Å²) in [5.41, 5.74) is 2.51. The molecule has 0 bridgehead atoms. The Morgan fingerprint density at radius 1 is 1.27 bits per heavy atom. The zero-order chi connectivity index (χ0) is 11.3. The van der Waals surface area contributed by atoms with E-state index < -0.39 is 0 Å². The third-order valence-corrected chi connectivity index (χ3v) is 3.00. The molecule has 0 aliphatic heterocycles. The fourth-order valence-electron chi connectivity index (χ4n) is 1.78. The summed E-state index contributed by atoms with van der Waals surface area (Å²) in [5, 5.41) is 3.58. The number of benzene rings is 1. The van der Waals surface area contributed by atoms with E-state index in [0.29, 0.717) is 6.04 Å². The van der Waals surface area contributed by atoms with Crippen LogP contribution in [0.15, 0.2) is 22.7 Å². The average molecular weight is 270 g/mol. The van der Waals surface area contributed by atoms with Crippen LogP contribution in [0.5, 0.6) is 0 Å². The van der Waals surface area contributed by atoms with Crippen LogP contribution in [-0.2, 0) is 0 Å². The standard InChI is InChI=1S/C13H20BrN/c1-4-6-12(5-2)15-13-8-10(3)7-11(14)9-13/h7-9,12,15H,4-6H2,1-3H3. The lowest BCUT2D eigenvalue weighted by Gasteiger charge is -2.18. The third-order valence-electron chi connectivity index (χ3n) is 2.54. The zero-order valence-corrected chi connectivity index (χ0v) is 11.4. The SMILES string of the molecule is CCCC(CC)Nc1cc(C)cc(Br)c1. The number of rotatable bonds is 5. The minimum atomic E-state index is 0.601. The molecule has 0 spiro atoms. The maximum atomic E-state index is 3.58. The van der Waals surface area contributed by atoms with E-state index in [2.05, 4.69) is 60.2 Å². The van der Waals surface area contributed by atoms with Crippen LogP contribution < -0.4 is 5.32 Å². The van der Waals surface area contributed by atoms with Crippen LogP contribution in [0.1, 0.15) is 38.7 Å². The summed E-state index contributed by atoms with van der Waals surface area (Å²) in [6.45, 7) is 6.59. The molecule has 0 saturated carbocycles. The highest BCUT2D eigenvalue weighted by molar-refractivity contribution is 9.10. The molecule has 0 fully saturated rings. The molecule has 1 rings (SSSR count). The van der Waals surface area contributed by atoms with Gasteiger partial charge in [-0.2, -0.15) is 0 Å². The Kier molecular flexibility index (Phi) is 5.16. The Balaban J connectivity index is 2.69. The summed E-state index contributed by atoms with van der Waals surface area (Å²) in [6, 6.07) is 7.07. The summed E-state index contributed by atoms with van der Waals surface area (Å²) in [7, 11) is 0. The first-order valence-corrected chi connectivity index (χ1v) is 6.48. The van der Waals surface area contributed by atoms with Gasteiger partial charge in [0, 0.05) is 16.2 Å². The van der Waals surface area contributed by atoms with Gasteiger partial charge in [-0.15, -0.1) is 0 Å². The Morgan fingerprint density at radius 2 is 2.00 bits per heavy atom. The van der Waals surface area contributed by atoms with Gasteiger partial charge in [0.05, 0.1) is 0 Å². The first kappa shape index (κ1) is 12.6. The third kappa shape index (κ3) is 4.25. The smallest absolute Gasteiger partial charge is 0.0356 e. The summed E-state index contributed by atoms with van der Waals surface area (Å²) in [6.07, 6.45) is 3.65. The molecule has 0 aliphatic rings. The normalized spacial score (nSPS) is 12.5. The van der Waals surface area contributed by atoms with Gasteiger partial charge in [0.15, 0.2) is 0 Å². The summed E-state index contributed by atoms with van der Waals surface area (Å²) >= 11 is 3.52. The van der Waals surface area contributed by atoms with E-state index in [1.54, 1.807) is 0 Å². The van der Waals surface area contributed by atoms with Crippen LogP contribution in [0.25, 0.3) is 0 Å². The van der Waals surface area contributed by atoms with Crippen LogP contribution in [0.2, 0.25) is 0 Å². The minimum Gasteiger partial charge on any atom is -0.382 e. The molecule has 1 aromatic carbocycles. The quantitative estimate of drug-likeness (QED) is 0.814. The second kappa shape index (κ2) is 6.16. The lowest BCUT2D eigenvalue weighted by Crippen LogP contribution is -2.17. The molecule has 1 atom stereocenters. The molecule has 1 N–H and O–H groups in total. The fourth-order valence-corrected chi connectivity index (χ4v) is 2.39. The molecule has 0 saturated heterocycles. The Morgan fingerprint density at radius 3 is 2.53 bits per heavy atom. The predicted molar refractivity (Wildman–Crippen MR) is 71.5 cm³/mol. The van der Waals surface area contributed by atoms with Gasteiger partial charge in [0.2, 0.25) is 0 Å². The first-order chi connectivity index (χ1) is 7.15. The highest BCUT2D eigenvalue weighted by Crippen LogP contribution is 2.21. The van der Waals surface area contributed by atoms with Crippen LogP contribution >= 0.6 is 15.9 Å². The lowest BCUT2D eigenvalue weighted by molar-refractivity contribution is 0.623. The topological polar surface area (TPSA) is 12.0 Å². The molecular formula is C13H20BrN. The van der Waals surface area contributed by atoms with Crippen molar-refractivity contribution in [3.05, 3.63) is 28.2 Å². The molecule has 0 heterocycles. The summed E-state index contributed by atoms with van der Waals surface area (Å²) in [5.74, 6) is 0. The van der Waals surface area contributed by atoms with Gasteiger partial charge < -0.3 is 5.32 Å². The second-order valence-electron chi connectivity index (χ2n) is 4.06. The minimum absolute atomic E-state index is 0.601. The average Bonchev–Trinajstić information content (AvgIpc) is 2.15. The molecule has 1 nitrogen and oxygen atoms in total. The summed E-state index contributed by atoms with van der Waals surface area (Å²) in [4.78, 5) is 0. The van der Waals surface area contributed by atoms with Gasteiger partial charge in [-0.3, -0.25) is 0 Å². The van der Waals surface area contributed by atoms with Crippen molar-refractivity contribution in [1.82, 2.24) is 0 Å². The van der Waals surface area contributed by atoms with Crippen molar-refractivity contribution in [2.75, 3.05) is 5.32 Å². The number of hydrogen-bond acceptors (Lipinski definition) is 1. The second-order valence-corrected chi connectivity index (χ2v) is 4.97. The number of hydrogen-bond donors (Lipinski definition) is 1. The van der Waals surface area contributed by atoms with Gasteiger partial charge in [-0.25, -0.2) is 0 Å². The molecule has 0 radical (unpaired) electrons. The van der Waals surface area contributed by atoms with Crippen LogP contribution in [0.3, 0.4) is 0 Å². The number of anilines is 1. The van der Waals surface area contributed by atoms with Gasteiger partial charge in [-0.05, 0) is 43.5 Å². The number of nitrogens with one attached hydrogen (secondary N) is 1. The molecular weight excluding hydrogens is 250 g/mol. The van der Waals surface area contributed by atoms with E-state index in [4.69, 9.17) is 0 Å². The van der Waals surface area contributed by atoms with E-state index in [1.165, 1.54) is 30.5 Å². The Hall–Kier alpha value is -0.500. The van der Waals surface area contributed by atoms with E-state index in [-0.39, 0.29) is 0 Å². The van der Waals surface area contributed by atoms with Crippen molar-refractivity contribution in [2.24, 2.45) is 0 Å². The predicted octanol–water partition coefficient (Wildman–Crippen LogP) is 4.75.